The van der Waals surface area contributed by atoms with Crippen LogP contribution in [0.4, 0.5) is 0 Å². The molecular weight excluding hydrogens is 220 g/mol. The molecule has 16 heavy (non-hydrogen) atoms. The lowest BCUT2D eigenvalue weighted by molar-refractivity contribution is 0.896. The molecule has 0 spiro atoms. The highest BCUT2D eigenvalue weighted by atomic mass is 32.1. The Morgan fingerprint density at radius 3 is 2.88 bits per heavy atom. The lowest BCUT2D eigenvalue weighted by Gasteiger charge is -2.01. The van der Waals surface area contributed by atoms with Gasteiger partial charge in [-0.15, -0.1) is 11.3 Å². The van der Waals surface area contributed by atoms with Gasteiger partial charge in [-0.25, -0.2) is 4.68 Å². The maximum atomic E-state index is 11.9. The minimum atomic E-state index is 0.0415. The Kier molecular flexibility index (Phi) is 2.08. The van der Waals surface area contributed by atoms with E-state index < -0.39 is 0 Å². The first-order chi connectivity index (χ1) is 7.84. The van der Waals surface area contributed by atoms with Gasteiger partial charge >= 0.3 is 0 Å². The van der Waals surface area contributed by atoms with Crippen molar-refractivity contribution in [3.05, 3.63) is 59.0 Å². The van der Waals surface area contributed by atoms with Gasteiger partial charge in [-0.3, -0.25) is 4.79 Å². The van der Waals surface area contributed by atoms with Gasteiger partial charge in [0.05, 0.1) is 0 Å². The van der Waals surface area contributed by atoms with Crippen LogP contribution in [0, 0.1) is 0 Å². The van der Waals surface area contributed by atoms with Crippen molar-refractivity contribution >= 4 is 21.4 Å². The summed E-state index contributed by atoms with van der Waals surface area (Å²) in [6, 6.07) is 11.1. The highest BCUT2D eigenvalue weighted by molar-refractivity contribution is 7.20. The molecule has 0 fully saturated rings. The summed E-state index contributed by atoms with van der Waals surface area (Å²) < 4.78 is 2.69. The van der Waals surface area contributed by atoms with E-state index in [0.717, 1.165) is 15.1 Å². The van der Waals surface area contributed by atoms with Crippen LogP contribution >= 0.6 is 11.3 Å². The monoisotopic (exact) mass is 228 g/mol. The zero-order valence-electron chi connectivity index (χ0n) is 8.33. The van der Waals surface area contributed by atoms with Crippen LogP contribution in [0.2, 0.25) is 0 Å². The second kappa shape index (κ2) is 3.57. The molecular formula is C12H8N2OS. The van der Waals surface area contributed by atoms with E-state index in [0.29, 0.717) is 0 Å². The van der Waals surface area contributed by atoms with Gasteiger partial charge in [0.15, 0.2) is 5.43 Å². The summed E-state index contributed by atoms with van der Waals surface area (Å²) in [4.78, 5) is 11.9. The molecule has 0 aliphatic heterocycles. The Morgan fingerprint density at radius 2 is 2.06 bits per heavy atom. The van der Waals surface area contributed by atoms with Crippen LogP contribution < -0.4 is 5.43 Å². The first-order valence-corrected chi connectivity index (χ1v) is 5.69. The minimum Gasteiger partial charge on any atom is -0.289 e. The number of hydrogen-bond acceptors (Lipinski definition) is 3. The van der Waals surface area contributed by atoms with Crippen molar-refractivity contribution in [2.45, 2.75) is 0 Å². The van der Waals surface area contributed by atoms with E-state index in [1.165, 1.54) is 0 Å². The predicted octanol–water partition coefficient (Wildman–Crippen LogP) is 2.45. The summed E-state index contributed by atoms with van der Waals surface area (Å²) in [5.74, 6) is 0. The van der Waals surface area contributed by atoms with Crippen LogP contribution in [0.1, 0.15) is 0 Å². The topological polar surface area (TPSA) is 34.9 Å². The molecule has 0 bridgehead atoms. The quantitative estimate of drug-likeness (QED) is 0.641. The molecule has 2 aromatic heterocycles. The standard InChI is InChI=1S/C12H8N2OS/c15-10-8-12(14-7-3-6-13-14)16-11-5-2-1-4-9(10)11/h1-8H. The molecule has 4 heteroatoms. The van der Waals surface area contributed by atoms with Crippen molar-refractivity contribution in [2.75, 3.05) is 0 Å². The molecule has 2 heterocycles. The maximum absolute atomic E-state index is 11.9. The number of benzene rings is 1. The van der Waals surface area contributed by atoms with Crippen LogP contribution in [-0.2, 0) is 0 Å². The zero-order chi connectivity index (χ0) is 11.0. The van der Waals surface area contributed by atoms with Gasteiger partial charge in [0.1, 0.15) is 5.00 Å². The fourth-order valence-corrected chi connectivity index (χ4v) is 2.62. The molecule has 0 radical (unpaired) electrons. The van der Waals surface area contributed by atoms with Crippen molar-refractivity contribution < 1.29 is 0 Å². The van der Waals surface area contributed by atoms with Crippen molar-refractivity contribution in [3.8, 4) is 5.00 Å². The fraction of sp³-hybridized carbons (Fsp3) is 0. The normalized spacial score (nSPS) is 10.8. The van der Waals surface area contributed by atoms with E-state index in [9.17, 15) is 4.79 Å². The van der Waals surface area contributed by atoms with E-state index in [2.05, 4.69) is 5.10 Å². The molecule has 0 saturated heterocycles. The molecule has 0 saturated carbocycles. The molecule has 0 atom stereocenters. The number of aromatic nitrogens is 2. The second-order valence-corrected chi connectivity index (χ2v) is 4.46. The Morgan fingerprint density at radius 1 is 1.19 bits per heavy atom. The Bertz CT molecular complexity index is 686. The molecule has 0 amide bonds. The molecule has 0 aliphatic carbocycles. The first kappa shape index (κ1) is 9.30. The van der Waals surface area contributed by atoms with E-state index in [-0.39, 0.29) is 5.43 Å². The predicted molar refractivity (Wildman–Crippen MR) is 65.2 cm³/mol. The van der Waals surface area contributed by atoms with Gasteiger partial charge in [-0.2, -0.15) is 5.10 Å². The highest BCUT2D eigenvalue weighted by Crippen LogP contribution is 2.20. The summed E-state index contributed by atoms with van der Waals surface area (Å²) >= 11 is 1.56. The van der Waals surface area contributed by atoms with E-state index >= 15 is 0 Å². The first-order valence-electron chi connectivity index (χ1n) is 4.87. The molecule has 0 aliphatic rings. The van der Waals surface area contributed by atoms with Crippen molar-refractivity contribution in [1.82, 2.24) is 9.78 Å². The lowest BCUT2D eigenvalue weighted by Crippen LogP contribution is -2.02. The van der Waals surface area contributed by atoms with E-state index in [4.69, 9.17) is 0 Å². The third-order valence-electron chi connectivity index (χ3n) is 2.35. The summed E-state index contributed by atoms with van der Waals surface area (Å²) in [5, 5.41) is 5.73. The van der Waals surface area contributed by atoms with Gasteiger partial charge < -0.3 is 0 Å². The van der Waals surface area contributed by atoms with Crippen molar-refractivity contribution in [3.63, 3.8) is 0 Å². The number of hydrogen-bond donors (Lipinski definition) is 0. The average molecular weight is 228 g/mol. The highest BCUT2D eigenvalue weighted by Gasteiger charge is 2.03. The molecule has 3 aromatic rings. The van der Waals surface area contributed by atoms with E-state index in [1.54, 1.807) is 28.3 Å². The largest absolute Gasteiger partial charge is 0.289 e. The zero-order valence-corrected chi connectivity index (χ0v) is 9.15. The van der Waals surface area contributed by atoms with E-state index in [1.807, 2.05) is 36.5 Å². The molecule has 3 nitrogen and oxygen atoms in total. The fourth-order valence-electron chi connectivity index (χ4n) is 1.60. The van der Waals surface area contributed by atoms with Gasteiger partial charge in [0, 0.05) is 28.5 Å². The Hall–Kier alpha value is -1.94. The number of fused-ring (bicyclic) bond motifs is 1. The smallest absolute Gasteiger partial charge is 0.190 e. The van der Waals surface area contributed by atoms with Crippen molar-refractivity contribution in [2.24, 2.45) is 0 Å². The molecule has 0 N–H and O–H groups in total. The third kappa shape index (κ3) is 1.44. The summed E-state index contributed by atoms with van der Waals surface area (Å²) in [6.45, 7) is 0. The summed E-state index contributed by atoms with van der Waals surface area (Å²) in [7, 11) is 0. The summed E-state index contributed by atoms with van der Waals surface area (Å²) in [5.41, 5.74) is 0.0415. The van der Waals surface area contributed by atoms with Gasteiger partial charge in [-0.05, 0) is 18.2 Å². The van der Waals surface area contributed by atoms with Crippen LogP contribution in [0.5, 0.6) is 0 Å². The Labute approximate surface area is 95.6 Å². The lowest BCUT2D eigenvalue weighted by atomic mass is 10.2. The molecule has 3 rings (SSSR count). The van der Waals surface area contributed by atoms with Crippen LogP contribution in [0.3, 0.4) is 0 Å². The minimum absolute atomic E-state index is 0.0415. The van der Waals surface area contributed by atoms with Gasteiger partial charge in [0.2, 0.25) is 0 Å². The SMILES string of the molecule is O=c1cc(-n2cccn2)sc2ccccc12. The second-order valence-electron chi connectivity index (χ2n) is 3.40. The van der Waals surface area contributed by atoms with Gasteiger partial charge in [-0.1, -0.05) is 12.1 Å². The number of rotatable bonds is 1. The maximum Gasteiger partial charge on any atom is 0.190 e. The molecule has 0 unspecified atom stereocenters. The van der Waals surface area contributed by atoms with Crippen molar-refractivity contribution in [1.29, 1.82) is 0 Å². The van der Waals surface area contributed by atoms with Gasteiger partial charge in [0.25, 0.3) is 0 Å². The van der Waals surface area contributed by atoms with Crippen LogP contribution in [0.25, 0.3) is 15.1 Å². The Balaban J connectivity index is 2.34. The average Bonchev–Trinajstić information content (AvgIpc) is 2.82. The van der Waals surface area contributed by atoms with Crippen LogP contribution in [0.15, 0.2) is 53.6 Å². The summed E-state index contributed by atoms with van der Waals surface area (Å²) in [6.07, 6.45) is 3.53. The molecule has 1 aromatic carbocycles. The number of nitrogens with zero attached hydrogens (tertiary/aromatic N) is 2. The van der Waals surface area contributed by atoms with Crippen LogP contribution in [-0.4, -0.2) is 9.78 Å². The molecule has 78 valence electrons. The third-order valence-corrected chi connectivity index (χ3v) is 3.44.